The van der Waals surface area contributed by atoms with Crippen molar-refractivity contribution in [3.8, 4) is 0 Å². The number of anilines is 1. The monoisotopic (exact) mass is 381 g/mol. The molecular formula is C16H10BrClFNO2. The first-order valence-corrected chi connectivity index (χ1v) is 7.58. The van der Waals surface area contributed by atoms with E-state index in [1.54, 1.807) is 19.1 Å². The van der Waals surface area contributed by atoms with Crippen LogP contribution in [-0.4, -0.2) is 5.91 Å². The molecule has 0 atom stereocenters. The molecule has 112 valence electrons. The van der Waals surface area contributed by atoms with Gasteiger partial charge < -0.3 is 9.73 Å². The van der Waals surface area contributed by atoms with Crippen LogP contribution in [0.25, 0.3) is 11.0 Å². The highest BCUT2D eigenvalue weighted by Crippen LogP contribution is 2.29. The van der Waals surface area contributed by atoms with E-state index in [1.165, 1.54) is 12.1 Å². The second-order valence-electron chi connectivity index (χ2n) is 4.75. The summed E-state index contributed by atoms with van der Waals surface area (Å²) >= 11 is 9.08. The van der Waals surface area contributed by atoms with Crippen LogP contribution in [0, 0.1) is 12.7 Å². The number of aryl methyl sites for hydroxylation is 1. The highest BCUT2D eigenvalue weighted by molar-refractivity contribution is 9.10. The molecule has 3 rings (SSSR count). The summed E-state index contributed by atoms with van der Waals surface area (Å²) in [6.45, 7) is 1.78. The molecule has 6 heteroatoms. The Hall–Kier alpha value is -1.85. The highest BCUT2D eigenvalue weighted by atomic mass is 79.9. The van der Waals surface area contributed by atoms with E-state index in [9.17, 15) is 9.18 Å². The van der Waals surface area contributed by atoms with Gasteiger partial charge in [0.1, 0.15) is 5.58 Å². The average molecular weight is 383 g/mol. The van der Waals surface area contributed by atoms with Gasteiger partial charge in [0, 0.05) is 15.4 Å². The Labute approximate surface area is 139 Å². The second-order valence-corrected chi connectivity index (χ2v) is 6.08. The molecule has 0 aliphatic rings. The Kier molecular flexibility index (Phi) is 3.93. The number of benzene rings is 2. The molecule has 3 aromatic rings. The largest absolute Gasteiger partial charge is 0.451 e. The zero-order chi connectivity index (χ0) is 15.9. The predicted octanol–water partition coefficient (Wildman–Crippen LogP) is 5.55. The van der Waals surface area contributed by atoms with E-state index in [2.05, 4.69) is 21.2 Å². The number of hydrogen-bond donors (Lipinski definition) is 1. The maximum atomic E-state index is 13.9. The van der Waals surface area contributed by atoms with E-state index in [0.29, 0.717) is 11.1 Å². The zero-order valence-electron chi connectivity index (χ0n) is 11.4. The lowest BCUT2D eigenvalue weighted by Crippen LogP contribution is -2.13. The fourth-order valence-electron chi connectivity index (χ4n) is 2.19. The molecule has 0 aliphatic carbocycles. The molecule has 0 bridgehead atoms. The first kappa shape index (κ1) is 15.1. The quantitative estimate of drug-likeness (QED) is 0.631. The maximum absolute atomic E-state index is 13.9. The van der Waals surface area contributed by atoms with Crippen LogP contribution >= 0.6 is 27.5 Å². The topological polar surface area (TPSA) is 42.2 Å². The number of halogens is 3. The Morgan fingerprint density at radius 1 is 1.32 bits per heavy atom. The summed E-state index contributed by atoms with van der Waals surface area (Å²) in [5.74, 6) is -1.05. The molecule has 0 unspecified atom stereocenters. The van der Waals surface area contributed by atoms with Crippen molar-refractivity contribution in [3.05, 3.63) is 63.0 Å². The third-order valence-electron chi connectivity index (χ3n) is 3.30. The zero-order valence-corrected chi connectivity index (χ0v) is 13.8. The lowest BCUT2D eigenvalue weighted by Gasteiger charge is -2.06. The maximum Gasteiger partial charge on any atom is 0.291 e. The third-order valence-corrected chi connectivity index (χ3v) is 4.09. The molecular weight excluding hydrogens is 373 g/mol. The van der Waals surface area contributed by atoms with E-state index < -0.39 is 11.7 Å². The van der Waals surface area contributed by atoms with Gasteiger partial charge in [-0.1, -0.05) is 33.6 Å². The van der Waals surface area contributed by atoms with Gasteiger partial charge in [0.05, 0.1) is 10.7 Å². The van der Waals surface area contributed by atoms with Gasteiger partial charge in [0.25, 0.3) is 5.91 Å². The molecule has 0 fully saturated rings. The number of furan rings is 1. The summed E-state index contributed by atoms with van der Waals surface area (Å²) in [7, 11) is 0. The molecule has 1 aromatic heterocycles. The Bertz CT molecular complexity index is 891. The smallest absolute Gasteiger partial charge is 0.291 e. The van der Waals surface area contributed by atoms with Crippen molar-refractivity contribution < 1.29 is 13.6 Å². The summed E-state index contributed by atoms with van der Waals surface area (Å²) in [5.41, 5.74) is 1.30. The first-order chi connectivity index (χ1) is 10.5. The van der Waals surface area contributed by atoms with Gasteiger partial charge in [0.15, 0.2) is 11.6 Å². The highest BCUT2D eigenvalue weighted by Gasteiger charge is 2.19. The van der Waals surface area contributed by atoms with Gasteiger partial charge >= 0.3 is 0 Å². The minimum absolute atomic E-state index is 0.0125. The second kappa shape index (κ2) is 5.74. The SMILES string of the molecule is Cc1c(C(=O)Nc2cccc(Cl)c2F)oc2ccc(Br)cc12. The van der Waals surface area contributed by atoms with E-state index >= 15 is 0 Å². The molecule has 0 saturated heterocycles. The summed E-state index contributed by atoms with van der Waals surface area (Å²) < 4.78 is 20.3. The van der Waals surface area contributed by atoms with E-state index in [1.807, 2.05) is 12.1 Å². The molecule has 3 nitrogen and oxygen atoms in total. The van der Waals surface area contributed by atoms with Crippen molar-refractivity contribution in [1.29, 1.82) is 0 Å². The van der Waals surface area contributed by atoms with Gasteiger partial charge in [-0.2, -0.15) is 0 Å². The Morgan fingerprint density at radius 2 is 2.09 bits per heavy atom. The van der Waals surface area contributed by atoms with Crippen LogP contribution in [0.2, 0.25) is 5.02 Å². The van der Waals surface area contributed by atoms with E-state index in [-0.39, 0.29) is 16.5 Å². The molecule has 1 heterocycles. The number of fused-ring (bicyclic) bond motifs is 1. The van der Waals surface area contributed by atoms with Gasteiger partial charge in [-0.3, -0.25) is 4.79 Å². The van der Waals surface area contributed by atoms with Crippen molar-refractivity contribution in [2.75, 3.05) is 5.32 Å². The fourth-order valence-corrected chi connectivity index (χ4v) is 2.72. The third kappa shape index (κ3) is 2.62. The molecule has 2 aromatic carbocycles. The molecule has 0 aliphatic heterocycles. The summed E-state index contributed by atoms with van der Waals surface area (Å²) in [4.78, 5) is 12.3. The van der Waals surface area contributed by atoms with Crippen LogP contribution in [0.4, 0.5) is 10.1 Å². The van der Waals surface area contributed by atoms with E-state index in [0.717, 1.165) is 9.86 Å². The van der Waals surface area contributed by atoms with Crippen molar-refractivity contribution in [3.63, 3.8) is 0 Å². The molecule has 22 heavy (non-hydrogen) atoms. The molecule has 1 N–H and O–H groups in total. The number of carbonyl (C=O) groups excluding carboxylic acids is 1. The minimum atomic E-state index is -0.672. The van der Waals surface area contributed by atoms with Gasteiger partial charge in [-0.25, -0.2) is 4.39 Å². The number of carbonyl (C=O) groups is 1. The minimum Gasteiger partial charge on any atom is -0.451 e. The molecule has 0 spiro atoms. The van der Waals surface area contributed by atoms with Crippen LogP contribution in [0.3, 0.4) is 0 Å². The summed E-state index contributed by atoms with van der Waals surface area (Å²) in [6.07, 6.45) is 0. The van der Waals surface area contributed by atoms with Gasteiger partial charge in [-0.15, -0.1) is 0 Å². The van der Waals surface area contributed by atoms with Crippen LogP contribution in [0.5, 0.6) is 0 Å². The molecule has 0 saturated carbocycles. The van der Waals surface area contributed by atoms with Crippen LogP contribution in [0.15, 0.2) is 45.3 Å². The van der Waals surface area contributed by atoms with Crippen LogP contribution in [0.1, 0.15) is 16.1 Å². The first-order valence-electron chi connectivity index (χ1n) is 6.41. The lowest BCUT2D eigenvalue weighted by molar-refractivity contribution is 0.0997. The normalized spacial score (nSPS) is 10.9. The fraction of sp³-hybridized carbons (Fsp3) is 0.0625. The number of nitrogens with one attached hydrogen (secondary N) is 1. The van der Waals surface area contributed by atoms with Crippen molar-refractivity contribution in [1.82, 2.24) is 0 Å². The Morgan fingerprint density at radius 3 is 2.86 bits per heavy atom. The van der Waals surface area contributed by atoms with Crippen molar-refractivity contribution in [2.45, 2.75) is 6.92 Å². The summed E-state index contributed by atoms with van der Waals surface area (Å²) in [6, 6.07) is 9.87. The number of hydrogen-bond acceptors (Lipinski definition) is 2. The van der Waals surface area contributed by atoms with Gasteiger partial charge in [-0.05, 0) is 37.3 Å². The number of amides is 1. The van der Waals surface area contributed by atoms with Gasteiger partial charge in [0.2, 0.25) is 0 Å². The lowest BCUT2D eigenvalue weighted by atomic mass is 10.1. The molecule has 0 radical (unpaired) electrons. The Balaban J connectivity index is 1.99. The number of rotatable bonds is 2. The van der Waals surface area contributed by atoms with Crippen LogP contribution in [-0.2, 0) is 0 Å². The summed E-state index contributed by atoms with van der Waals surface area (Å²) in [5, 5.41) is 3.25. The average Bonchev–Trinajstić information content (AvgIpc) is 2.81. The van der Waals surface area contributed by atoms with E-state index in [4.69, 9.17) is 16.0 Å². The molecule has 1 amide bonds. The van der Waals surface area contributed by atoms with Crippen molar-refractivity contribution in [2.24, 2.45) is 0 Å². The van der Waals surface area contributed by atoms with Crippen LogP contribution < -0.4 is 5.32 Å². The van der Waals surface area contributed by atoms with Crippen molar-refractivity contribution >= 4 is 50.1 Å². The standard InChI is InChI=1S/C16H10BrClFNO2/c1-8-10-7-9(17)5-6-13(10)22-15(8)16(21)20-12-4-2-3-11(18)14(12)19/h2-7H,1H3,(H,20,21). The predicted molar refractivity (Wildman–Crippen MR) is 88.0 cm³/mol.